The minimum absolute atomic E-state index is 0.534. The predicted octanol–water partition coefficient (Wildman–Crippen LogP) is 3.16. The van der Waals surface area contributed by atoms with Gasteiger partial charge in [-0.1, -0.05) is 31.4 Å². The number of benzene rings is 1. The van der Waals surface area contributed by atoms with Gasteiger partial charge >= 0.3 is 6.01 Å². The number of rotatable bonds is 7. The molecule has 0 saturated heterocycles. The molecule has 1 aromatic carbocycles. The second-order valence-electron chi connectivity index (χ2n) is 7.85. The highest BCUT2D eigenvalue weighted by Crippen LogP contribution is 2.31. The van der Waals surface area contributed by atoms with E-state index >= 15 is 0 Å². The average Bonchev–Trinajstić information content (AvgIpc) is 3.04. The van der Waals surface area contributed by atoms with Crippen molar-refractivity contribution in [1.82, 2.24) is 14.5 Å². The van der Waals surface area contributed by atoms with E-state index in [0.717, 1.165) is 37.2 Å². The highest BCUT2D eigenvalue weighted by Gasteiger charge is 2.19. The first-order valence-corrected chi connectivity index (χ1v) is 10.8. The van der Waals surface area contributed by atoms with Crippen LogP contribution in [0.1, 0.15) is 55.8 Å². The zero-order valence-electron chi connectivity index (χ0n) is 17.4. The Morgan fingerprint density at radius 3 is 2.54 bits per heavy atom. The fraction of sp³-hybridized carbons (Fsp3) is 0.478. The third kappa shape index (κ3) is 3.80. The highest BCUT2D eigenvalue weighted by molar-refractivity contribution is 6.33. The standard InChI is InChI=1S/C23H30BN3O/c1-3-17-15-18(4-2)26-23(25-17)28-13-7-12-27-21-9-6-5-8-19(21)20-14-16(24)10-11-22(20)27/h10-11,14-15H,3-9,12-13,24H2,1-2H3. The molecule has 4 rings (SSSR count). The van der Waals surface area contributed by atoms with Crippen molar-refractivity contribution in [2.75, 3.05) is 6.61 Å². The molecule has 2 aromatic heterocycles. The minimum atomic E-state index is 0.534. The van der Waals surface area contributed by atoms with Crippen LogP contribution >= 0.6 is 0 Å². The Kier molecular flexibility index (Phi) is 5.70. The quantitative estimate of drug-likeness (QED) is 0.471. The SMILES string of the molecule is Bc1ccc2c(c1)c1c(n2CCCOc2nc(CC)cc(CC)n2)CCCC1. The molecule has 0 atom stereocenters. The molecule has 1 aliphatic carbocycles. The van der Waals surface area contributed by atoms with Crippen LogP contribution in [0.4, 0.5) is 0 Å². The Morgan fingerprint density at radius 1 is 1.04 bits per heavy atom. The van der Waals surface area contributed by atoms with Gasteiger partial charge in [-0.3, -0.25) is 0 Å². The number of hydrogen-bond donors (Lipinski definition) is 0. The van der Waals surface area contributed by atoms with E-state index in [4.69, 9.17) is 4.74 Å². The van der Waals surface area contributed by atoms with Crippen molar-refractivity contribution in [3.8, 4) is 6.01 Å². The number of hydrogen-bond acceptors (Lipinski definition) is 3. The van der Waals surface area contributed by atoms with Gasteiger partial charge in [-0.15, -0.1) is 0 Å². The molecule has 3 aromatic rings. The van der Waals surface area contributed by atoms with E-state index in [1.807, 2.05) is 0 Å². The zero-order valence-corrected chi connectivity index (χ0v) is 17.4. The summed E-state index contributed by atoms with van der Waals surface area (Å²) in [4.78, 5) is 9.05. The number of nitrogens with zero attached hydrogens (tertiary/aromatic N) is 3. The lowest BCUT2D eigenvalue weighted by atomic mass is 9.91. The molecule has 28 heavy (non-hydrogen) atoms. The van der Waals surface area contributed by atoms with Gasteiger partial charge in [0.1, 0.15) is 7.85 Å². The first kappa shape index (κ1) is 19.0. The molecule has 2 heterocycles. The smallest absolute Gasteiger partial charge is 0.316 e. The van der Waals surface area contributed by atoms with Gasteiger partial charge in [-0.05, 0) is 62.6 Å². The van der Waals surface area contributed by atoms with Crippen LogP contribution < -0.4 is 10.2 Å². The number of ether oxygens (including phenoxy) is 1. The van der Waals surface area contributed by atoms with Crippen LogP contribution in [-0.4, -0.2) is 29.0 Å². The Labute approximate surface area is 168 Å². The molecule has 146 valence electrons. The molecule has 0 spiro atoms. The molecular weight excluding hydrogens is 345 g/mol. The van der Waals surface area contributed by atoms with Crippen molar-refractivity contribution in [2.24, 2.45) is 0 Å². The molecule has 0 N–H and O–H groups in total. The van der Waals surface area contributed by atoms with E-state index < -0.39 is 0 Å². The minimum Gasteiger partial charge on any atom is -0.463 e. The lowest BCUT2D eigenvalue weighted by molar-refractivity contribution is 0.277. The van der Waals surface area contributed by atoms with Gasteiger partial charge < -0.3 is 9.30 Å². The molecule has 0 radical (unpaired) electrons. The molecule has 0 aliphatic heterocycles. The van der Waals surface area contributed by atoms with E-state index in [-0.39, 0.29) is 0 Å². The highest BCUT2D eigenvalue weighted by atomic mass is 16.5. The second-order valence-corrected chi connectivity index (χ2v) is 7.85. The number of aryl methyl sites for hydroxylation is 4. The van der Waals surface area contributed by atoms with Gasteiger partial charge in [0.15, 0.2) is 0 Å². The van der Waals surface area contributed by atoms with Crippen LogP contribution in [0.2, 0.25) is 0 Å². The molecule has 0 amide bonds. The summed E-state index contributed by atoms with van der Waals surface area (Å²) in [5.41, 5.74) is 7.98. The summed E-state index contributed by atoms with van der Waals surface area (Å²) in [5.74, 6) is 0. The first-order chi connectivity index (χ1) is 13.7. The topological polar surface area (TPSA) is 39.9 Å². The normalized spacial score (nSPS) is 13.6. The summed E-state index contributed by atoms with van der Waals surface area (Å²) in [6, 6.07) is 9.50. The van der Waals surface area contributed by atoms with Gasteiger partial charge in [0.25, 0.3) is 0 Å². The average molecular weight is 375 g/mol. The van der Waals surface area contributed by atoms with Gasteiger partial charge in [0.2, 0.25) is 0 Å². The summed E-state index contributed by atoms with van der Waals surface area (Å²) in [6.07, 6.45) is 7.82. The Morgan fingerprint density at radius 2 is 1.79 bits per heavy atom. The van der Waals surface area contributed by atoms with Crippen molar-refractivity contribution >= 4 is 24.2 Å². The van der Waals surface area contributed by atoms with E-state index in [9.17, 15) is 0 Å². The van der Waals surface area contributed by atoms with Crippen molar-refractivity contribution in [2.45, 2.75) is 65.3 Å². The molecule has 0 fully saturated rings. The lowest BCUT2D eigenvalue weighted by Gasteiger charge is -2.16. The fourth-order valence-corrected chi connectivity index (χ4v) is 4.35. The van der Waals surface area contributed by atoms with Crippen LogP contribution in [0.15, 0.2) is 24.3 Å². The summed E-state index contributed by atoms with van der Waals surface area (Å²) in [6.45, 7) is 5.88. The van der Waals surface area contributed by atoms with E-state index in [1.54, 1.807) is 11.3 Å². The largest absolute Gasteiger partial charge is 0.463 e. The third-order valence-electron chi connectivity index (χ3n) is 5.83. The fourth-order valence-electron chi connectivity index (χ4n) is 4.35. The molecular formula is C23H30BN3O. The lowest BCUT2D eigenvalue weighted by Crippen LogP contribution is -2.11. The summed E-state index contributed by atoms with van der Waals surface area (Å²) >= 11 is 0. The van der Waals surface area contributed by atoms with Crippen molar-refractivity contribution in [3.63, 3.8) is 0 Å². The van der Waals surface area contributed by atoms with E-state index in [1.165, 1.54) is 42.0 Å². The Hall–Kier alpha value is -2.30. The monoisotopic (exact) mass is 375 g/mol. The van der Waals surface area contributed by atoms with Crippen molar-refractivity contribution in [3.05, 3.63) is 46.9 Å². The van der Waals surface area contributed by atoms with Gasteiger partial charge in [0.05, 0.1) is 6.61 Å². The molecule has 0 bridgehead atoms. The molecule has 0 saturated carbocycles. The van der Waals surface area contributed by atoms with Crippen LogP contribution in [-0.2, 0) is 32.2 Å². The predicted molar refractivity (Wildman–Crippen MR) is 118 cm³/mol. The maximum atomic E-state index is 5.93. The first-order valence-electron chi connectivity index (χ1n) is 10.8. The summed E-state index contributed by atoms with van der Waals surface area (Å²) in [5, 5.41) is 1.46. The maximum Gasteiger partial charge on any atom is 0.316 e. The second kappa shape index (κ2) is 8.38. The van der Waals surface area contributed by atoms with Crippen LogP contribution in [0, 0.1) is 0 Å². The third-order valence-corrected chi connectivity index (χ3v) is 5.83. The van der Waals surface area contributed by atoms with Crippen LogP contribution in [0.5, 0.6) is 6.01 Å². The number of aromatic nitrogens is 3. The molecule has 0 unspecified atom stereocenters. The van der Waals surface area contributed by atoms with Crippen LogP contribution in [0.3, 0.4) is 0 Å². The van der Waals surface area contributed by atoms with E-state index in [2.05, 4.69) is 60.5 Å². The zero-order chi connectivity index (χ0) is 19.5. The van der Waals surface area contributed by atoms with E-state index in [0.29, 0.717) is 12.6 Å². The molecule has 4 nitrogen and oxygen atoms in total. The van der Waals surface area contributed by atoms with Gasteiger partial charge in [-0.2, -0.15) is 0 Å². The van der Waals surface area contributed by atoms with Crippen molar-refractivity contribution < 1.29 is 4.74 Å². The maximum absolute atomic E-state index is 5.93. The van der Waals surface area contributed by atoms with Gasteiger partial charge in [0, 0.05) is 34.5 Å². The molecule has 5 heteroatoms. The van der Waals surface area contributed by atoms with Crippen LogP contribution in [0.25, 0.3) is 10.9 Å². The Balaban J connectivity index is 1.48. The summed E-state index contributed by atoms with van der Waals surface area (Å²) < 4.78 is 8.46. The Bertz CT molecular complexity index is 957. The molecule has 1 aliphatic rings. The number of fused-ring (bicyclic) bond motifs is 3. The summed E-state index contributed by atoms with van der Waals surface area (Å²) in [7, 11) is 2.19. The van der Waals surface area contributed by atoms with Gasteiger partial charge in [-0.25, -0.2) is 9.97 Å². The van der Waals surface area contributed by atoms with Crippen molar-refractivity contribution in [1.29, 1.82) is 0 Å².